The third kappa shape index (κ3) is 2.69. The zero-order valence-electron chi connectivity index (χ0n) is 9.16. The van der Waals surface area contributed by atoms with E-state index >= 15 is 0 Å². The summed E-state index contributed by atoms with van der Waals surface area (Å²) >= 11 is 1.35. The van der Waals surface area contributed by atoms with Crippen molar-refractivity contribution >= 4 is 11.3 Å². The van der Waals surface area contributed by atoms with E-state index in [1.165, 1.54) is 11.3 Å². The zero-order chi connectivity index (χ0) is 13.1. The van der Waals surface area contributed by atoms with Gasteiger partial charge in [-0.25, -0.2) is 13.2 Å². The number of aromatic nitrogens is 1. The summed E-state index contributed by atoms with van der Waals surface area (Å²) < 4.78 is 40.0. The molecule has 1 aromatic heterocycles. The van der Waals surface area contributed by atoms with Crippen LogP contribution in [-0.4, -0.2) is 4.98 Å². The average Bonchev–Trinajstić information content (AvgIpc) is 2.79. The van der Waals surface area contributed by atoms with Crippen molar-refractivity contribution in [3.8, 4) is 0 Å². The molecule has 0 radical (unpaired) electrons. The second-order valence-electron chi connectivity index (χ2n) is 3.67. The van der Waals surface area contributed by atoms with Crippen LogP contribution in [0.1, 0.15) is 16.5 Å². The van der Waals surface area contributed by atoms with Crippen LogP contribution in [0.5, 0.6) is 0 Å². The van der Waals surface area contributed by atoms with E-state index in [1.54, 1.807) is 11.7 Å². The van der Waals surface area contributed by atoms with Gasteiger partial charge in [0.05, 0.1) is 11.6 Å². The van der Waals surface area contributed by atoms with Crippen LogP contribution in [0.2, 0.25) is 0 Å². The smallest absolute Gasteiger partial charge is 0.133 e. The van der Waals surface area contributed by atoms with E-state index in [4.69, 9.17) is 5.84 Å². The van der Waals surface area contributed by atoms with Gasteiger partial charge in [-0.2, -0.15) is 0 Å². The second-order valence-corrected chi connectivity index (χ2v) is 4.65. The van der Waals surface area contributed by atoms with E-state index in [0.717, 1.165) is 4.88 Å². The molecule has 3 nitrogen and oxygen atoms in total. The number of thiazole rings is 1. The maximum Gasteiger partial charge on any atom is 0.133 e. The summed E-state index contributed by atoms with van der Waals surface area (Å²) in [4.78, 5) is 4.69. The molecule has 0 bridgehead atoms. The molecule has 0 aliphatic rings. The van der Waals surface area contributed by atoms with Gasteiger partial charge in [-0.1, -0.05) is 0 Å². The molecule has 2 rings (SSSR count). The van der Waals surface area contributed by atoms with Crippen LogP contribution < -0.4 is 11.3 Å². The van der Waals surface area contributed by atoms with Crippen LogP contribution in [0.25, 0.3) is 0 Å². The molecule has 1 heterocycles. The number of hydrogen-bond donors (Lipinski definition) is 2. The highest BCUT2D eigenvalue weighted by Gasteiger charge is 2.21. The van der Waals surface area contributed by atoms with Gasteiger partial charge in [0.25, 0.3) is 0 Å². The largest absolute Gasteiger partial charge is 0.271 e. The molecule has 0 aliphatic carbocycles. The Morgan fingerprint density at radius 2 is 1.94 bits per heavy atom. The van der Waals surface area contributed by atoms with Crippen LogP contribution in [0, 0.1) is 17.5 Å². The first-order valence-electron chi connectivity index (χ1n) is 5.09. The van der Waals surface area contributed by atoms with Crippen molar-refractivity contribution in [1.82, 2.24) is 10.4 Å². The van der Waals surface area contributed by atoms with Gasteiger partial charge in [-0.15, -0.1) is 11.3 Å². The van der Waals surface area contributed by atoms with E-state index in [9.17, 15) is 13.2 Å². The van der Waals surface area contributed by atoms with Crippen LogP contribution in [0.4, 0.5) is 13.2 Å². The lowest BCUT2D eigenvalue weighted by atomic mass is 10.0. The first-order valence-corrected chi connectivity index (χ1v) is 5.97. The van der Waals surface area contributed by atoms with Crippen molar-refractivity contribution in [2.24, 2.45) is 5.84 Å². The molecule has 0 spiro atoms. The van der Waals surface area contributed by atoms with Crippen LogP contribution >= 0.6 is 11.3 Å². The first-order chi connectivity index (χ1) is 8.61. The number of benzene rings is 1. The van der Waals surface area contributed by atoms with Gasteiger partial charge >= 0.3 is 0 Å². The molecule has 0 fully saturated rings. The number of hydrazine groups is 1. The fourth-order valence-corrected chi connectivity index (χ4v) is 2.32. The minimum Gasteiger partial charge on any atom is -0.271 e. The molecular weight excluding hydrogens is 263 g/mol. The van der Waals surface area contributed by atoms with Crippen molar-refractivity contribution in [1.29, 1.82) is 0 Å². The number of hydrogen-bond acceptors (Lipinski definition) is 4. The van der Waals surface area contributed by atoms with Gasteiger partial charge in [-0.3, -0.25) is 16.3 Å². The molecule has 0 amide bonds. The minimum absolute atomic E-state index is 0.271. The summed E-state index contributed by atoms with van der Waals surface area (Å²) in [7, 11) is 0. The summed E-state index contributed by atoms with van der Waals surface area (Å²) in [5, 5.41) is 0. The fraction of sp³-hybridized carbons (Fsp3) is 0.182. The standard InChI is InChI=1S/C11H10F3N3S/c12-6-1-8(13)11(9(14)2-6)10(17-15)3-7-4-16-5-18-7/h1-2,4-5,10,17H,3,15H2. The monoisotopic (exact) mass is 273 g/mol. The van der Waals surface area contributed by atoms with Gasteiger partial charge in [0.2, 0.25) is 0 Å². The van der Waals surface area contributed by atoms with Gasteiger partial charge in [-0.05, 0) is 0 Å². The summed E-state index contributed by atoms with van der Waals surface area (Å²) in [6, 6.07) is 0.497. The Kier molecular flexibility index (Phi) is 3.95. The Bertz CT molecular complexity index is 507. The molecule has 0 saturated carbocycles. The summed E-state index contributed by atoms with van der Waals surface area (Å²) in [6.45, 7) is 0. The lowest BCUT2D eigenvalue weighted by molar-refractivity contribution is 0.463. The van der Waals surface area contributed by atoms with Crippen LogP contribution in [-0.2, 0) is 6.42 Å². The average molecular weight is 273 g/mol. The zero-order valence-corrected chi connectivity index (χ0v) is 9.98. The highest BCUT2D eigenvalue weighted by atomic mass is 32.1. The number of rotatable bonds is 4. The Morgan fingerprint density at radius 3 is 2.44 bits per heavy atom. The van der Waals surface area contributed by atoms with Crippen molar-refractivity contribution in [3.05, 3.63) is 51.7 Å². The number of nitrogens with zero attached hydrogens (tertiary/aromatic N) is 1. The predicted molar refractivity (Wildman–Crippen MR) is 62.2 cm³/mol. The summed E-state index contributed by atoms with van der Waals surface area (Å²) in [6.07, 6.45) is 1.87. The molecule has 1 unspecified atom stereocenters. The van der Waals surface area contributed by atoms with Crippen LogP contribution in [0.15, 0.2) is 23.8 Å². The molecule has 0 saturated heterocycles. The summed E-state index contributed by atoms with van der Waals surface area (Å²) in [5.41, 5.74) is 3.67. The number of nitrogens with two attached hydrogens (primary N) is 1. The maximum absolute atomic E-state index is 13.6. The molecule has 7 heteroatoms. The third-order valence-electron chi connectivity index (χ3n) is 2.48. The molecule has 0 aliphatic heterocycles. The SMILES string of the molecule is NNC(Cc1cncs1)c1c(F)cc(F)cc1F. The quantitative estimate of drug-likeness (QED) is 0.664. The van der Waals surface area contributed by atoms with Gasteiger partial charge < -0.3 is 0 Å². The van der Waals surface area contributed by atoms with E-state index in [2.05, 4.69) is 10.4 Å². The Morgan fingerprint density at radius 1 is 1.28 bits per heavy atom. The Labute approximate surface area is 105 Å². The molecule has 18 heavy (non-hydrogen) atoms. The first kappa shape index (κ1) is 13.0. The molecule has 1 aromatic carbocycles. The lowest BCUT2D eigenvalue weighted by Gasteiger charge is -2.16. The molecule has 2 aromatic rings. The second kappa shape index (κ2) is 5.47. The molecule has 3 N–H and O–H groups in total. The van der Waals surface area contributed by atoms with E-state index < -0.39 is 23.5 Å². The van der Waals surface area contributed by atoms with E-state index in [-0.39, 0.29) is 12.0 Å². The fourth-order valence-electron chi connectivity index (χ4n) is 1.67. The normalized spacial score (nSPS) is 12.7. The minimum atomic E-state index is -0.958. The summed E-state index contributed by atoms with van der Waals surface area (Å²) in [5.74, 6) is 2.43. The number of nitrogens with one attached hydrogen (secondary N) is 1. The van der Waals surface area contributed by atoms with E-state index in [0.29, 0.717) is 12.1 Å². The topological polar surface area (TPSA) is 50.9 Å². The predicted octanol–water partition coefficient (Wildman–Crippen LogP) is 2.31. The van der Waals surface area contributed by atoms with Gasteiger partial charge in [0.1, 0.15) is 17.5 Å². The molecule has 96 valence electrons. The van der Waals surface area contributed by atoms with E-state index in [1.807, 2.05) is 0 Å². The Hall–Kier alpha value is -1.44. The van der Waals surface area contributed by atoms with Crippen molar-refractivity contribution < 1.29 is 13.2 Å². The highest BCUT2D eigenvalue weighted by molar-refractivity contribution is 7.09. The van der Waals surface area contributed by atoms with Crippen LogP contribution in [0.3, 0.4) is 0 Å². The molecular formula is C11H10F3N3S. The Balaban J connectivity index is 2.33. The lowest BCUT2D eigenvalue weighted by Crippen LogP contribution is -2.31. The van der Waals surface area contributed by atoms with Crippen molar-refractivity contribution in [2.45, 2.75) is 12.5 Å². The van der Waals surface area contributed by atoms with Gasteiger partial charge in [0, 0.05) is 35.2 Å². The van der Waals surface area contributed by atoms with Crippen molar-refractivity contribution in [3.63, 3.8) is 0 Å². The molecule has 1 atom stereocenters. The number of halogens is 3. The van der Waals surface area contributed by atoms with Crippen molar-refractivity contribution in [2.75, 3.05) is 0 Å². The maximum atomic E-state index is 13.6. The highest BCUT2D eigenvalue weighted by Crippen LogP contribution is 2.25. The van der Waals surface area contributed by atoms with Gasteiger partial charge in [0.15, 0.2) is 0 Å². The third-order valence-corrected chi connectivity index (χ3v) is 3.28.